The maximum Gasteiger partial charge on any atom is 0.240 e. The lowest BCUT2D eigenvalue weighted by Crippen LogP contribution is -2.55. The van der Waals surface area contributed by atoms with Crippen LogP contribution in [0.15, 0.2) is 79.4 Å². The largest absolute Gasteiger partial charge is 0.488 e. The second-order valence-corrected chi connectivity index (χ2v) is 16.1. The molecule has 3 saturated heterocycles. The molecule has 0 bridgehead atoms. The number of benzene rings is 3. The number of fused-ring (bicyclic) bond motifs is 2. The molecule has 0 aliphatic carbocycles. The zero-order chi connectivity index (χ0) is 43.6. The number of morpholine rings is 1. The number of aromatic nitrogens is 6. The minimum absolute atomic E-state index is 0.0134. The highest BCUT2D eigenvalue weighted by Gasteiger charge is 2.39. The number of halogens is 2. The van der Waals surface area contributed by atoms with Crippen molar-refractivity contribution in [1.82, 2.24) is 49.5 Å². The average molecular weight is 863 g/mol. The summed E-state index contributed by atoms with van der Waals surface area (Å²) >= 11 is 0. The molecule has 19 heteroatoms. The highest BCUT2D eigenvalue weighted by Crippen LogP contribution is 2.35. The predicted molar refractivity (Wildman–Crippen MR) is 229 cm³/mol. The van der Waals surface area contributed by atoms with Gasteiger partial charge in [0.2, 0.25) is 17.7 Å². The maximum atomic E-state index is 14.7. The smallest absolute Gasteiger partial charge is 0.240 e. The third-order valence-corrected chi connectivity index (χ3v) is 12.0. The zero-order valence-electron chi connectivity index (χ0n) is 34.8. The Balaban J connectivity index is 0.855. The molecule has 3 N–H and O–H groups in total. The van der Waals surface area contributed by atoms with Crippen molar-refractivity contribution in [3.05, 3.63) is 91.0 Å². The van der Waals surface area contributed by atoms with E-state index in [9.17, 15) is 23.2 Å². The number of carbonyl (C=O) groups excluding carboxylic acids is 3. The lowest BCUT2D eigenvalue weighted by molar-refractivity contribution is -0.134. The Morgan fingerprint density at radius 2 is 1.79 bits per heavy atom. The fourth-order valence-electron chi connectivity index (χ4n) is 8.67. The molecule has 3 amide bonds. The Bertz CT molecular complexity index is 2650. The fourth-order valence-corrected chi connectivity index (χ4v) is 8.67. The van der Waals surface area contributed by atoms with Gasteiger partial charge < -0.3 is 35.2 Å². The summed E-state index contributed by atoms with van der Waals surface area (Å²) in [6.07, 6.45) is 4.91. The van der Waals surface area contributed by atoms with Crippen molar-refractivity contribution in [2.24, 2.45) is 5.73 Å². The molecular formula is C44H48F2N12O5. The monoisotopic (exact) mass is 862 g/mol. The predicted octanol–water partition coefficient (Wildman–Crippen LogP) is 2.60. The number of piperazine rings is 1. The maximum absolute atomic E-state index is 14.7. The molecule has 3 aromatic carbocycles. The summed E-state index contributed by atoms with van der Waals surface area (Å²) in [6.45, 7) is 6.19. The Labute approximate surface area is 361 Å². The number of nitrogens with two attached hydrogens (primary N) is 1. The van der Waals surface area contributed by atoms with E-state index in [4.69, 9.17) is 20.3 Å². The third kappa shape index (κ3) is 8.89. The minimum atomic E-state index is -0.805. The van der Waals surface area contributed by atoms with E-state index < -0.39 is 35.7 Å². The average Bonchev–Trinajstić information content (AvgIpc) is 4.03. The Morgan fingerprint density at radius 1 is 0.952 bits per heavy atom. The van der Waals surface area contributed by atoms with Crippen LogP contribution in [-0.2, 0) is 25.7 Å². The number of primary amides is 1. The first-order valence-electron chi connectivity index (χ1n) is 21.1. The lowest BCUT2D eigenvalue weighted by atomic mass is 10.0. The molecule has 9 rings (SSSR count). The number of ether oxygens (including phenoxy) is 2. The van der Waals surface area contributed by atoms with Crippen LogP contribution in [0.5, 0.6) is 5.75 Å². The molecule has 6 aromatic rings. The molecule has 3 aliphatic heterocycles. The number of anilines is 1. The molecule has 17 nitrogen and oxygen atoms in total. The minimum Gasteiger partial charge on any atom is -0.488 e. The van der Waals surface area contributed by atoms with Gasteiger partial charge in [0.05, 0.1) is 43.4 Å². The van der Waals surface area contributed by atoms with Crippen LogP contribution in [0.1, 0.15) is 12.8 Å². The molecule has 3 atom stereocenters. The summed E-state index contributed by atoms with van der Waals surface area (Å²) in [4.78, 5) is 55.5. The molecule has 3 aromatic heterocycles. The lowest BCUT2D eigenvalue weighted by Gasteiger charge is -2.34. The van der Waals surface area contributed by atoms with E-state index in [1.54, 1.807) is 4.90 Å². The normalized spacial score (nSPS) is 19.8. The van der Waals surface area contributed by atoms with E-state index in [-0.39, 0.29) is 55.7 Å². The summed E-state index contributed by atoms with van der Waals surface area (Å²) in [5.41, 5.74) is 8.89. The number of hydrogen-bond acceptors (Lipinski definition) is 12. The summed E-state index contributed by atoms with van der Waals surface area (Å²) in [6, 6.07) is 15.6. The van der Waals surface area contributed by atoms with E-state index in [0.29, 0.717) is 56.3 Å². The second-order valence-electron chi connectivity index (χ2n) is 16.1. The molecule has 328 valence electrons. The fraction of sp³-hybridized carbons (Fsp3) is 0.386. The van der Waals surface area contributed by atoms with Crippen LogP contribution in [0.25, 0.3) is 38.8 Å². The van der Waals surface area contributed by atoms with Crippen molar-refractivity contribution in [3.8, 4) is 22.6 Å². The zero-order valence-corrected chi connectivity index (χ0v) is 34.8. The van der Waals surface area contributed by atoms with Crippen molar-refractivity contribution < 1.29 is 32.6 Å². The Morgan fingerprint density at radius 3 is 2.62 bits per heavy atom. The molecule has 0 radical (unpaired) electrons. The highest BCUT2D eigenvalue weighted by molar-refractivity contribution is 5.95. The number of carbonyl (C=O) groups is 3. The van der Waals surface area contributed by atoms with Crippen molar-refractivity contribution >= 4 is 45.5 Å². The summed E-state index contributed by atoms with van der Waals surface area (Å²) in [5, 5.41) is 13.6. The van der Waals surface area contributed by atoms with Crippen LogP contribution in [0, 0.1) is 11.6 Å². The summed E-state index contributed by atoms with van der Waals surface area (Å²) < 4.78 is 43.8. The van der Waals surface area contributed by atoms with Crippen molar-refractivity contribution in [2.45, 2.75) is 37.6 Å². The van der Waals surface area contributed by atoms with Gasteiger partial charge in [-0.1, -0.05) is 24.3 Å². The van der Waals surface area contributed by atoms with Crippen LogP contribution in [-0.4, -0.2) is 153 Å². The van der Waals surface area contributed by atoms with E-state index >= 15 is 0 Å². The number of likely N-dealkylation sites (N-methyl/N-ethyl adjacent to an activating group) is 1. The molecule has 3 fully saturated rings. The van der Waals surface area contributed by atoms with E-state index in [1.807, 2.05) is 65.3 Å². The van der Waals surface area contributed by atoms with Crippen LogP contribution in [0.4, 0.5) is 14.6 Å². The molecular weight excluding hydrogens is 815 g/mol. The van der Waals surface area contributed by atoms with Gasteiger partial charge >= 0.3 is 0 Å². The first-order valence-corrected chi connectivity index (χ1v) is 21.1. The molecule has 0 spiro atoms. The molecule has 3 aliphatic rings. The van der Waals surface area contributed by atoms with Gasteiger partial charge in [0.15, 0.2) is 11.5 Å². The first kappa shape index (κ1) is 41.8. The van der Waals surface area contributed by atoms with Gasteiger partial charge in [-0.2, -0.15) is 10.2 Å². The van der Waals surface area contributed by atoms with Gasteiger partial charge in [-0.05, 0) is 48.5 Å². The number of nitrogens with zero attached hydrogens (tertiary/aromatic N) is 10. The highest BCUT2D eigenvalue weighted by atomic mass is 19.1. The number of nitrogens with one attached hydrogen (secondary N) is 1. The topological polar surface area (TPSA) is 182 Å². The standard InChI is InChI=1S/C44H48F2N12O5/c1-53-12-14-55(15-13-53)40(59)10-11-48-44(61)39-26-62-19-18-54(39)16-17-56-25-34-32(6-3-7-36(34)52-56)28-4-2-5-30(20-28)63-31-22-38(41(47)60)57(24-31)42-33-23-51-58(43(33)50-27-49-42)37-9-8-29(45)21-35(37)46/h2-9,20-21,23,25,27,31,38-39H,10-19,22,24,26H2,1H3,(H2,47,60)(H,48,61). The molecule has 63 heavy (non-hydrogen) atoms. The van der Waals surface area contributed by atoms with Crippen molar-refractivity contribution in [1.29, 1.82) is 0 Å². The number of amides is 3. The summed E-state index contributed by atoms with van der Waals surface area (Å²) in [5.74, 6) is -1.18. The number of rotatable bonds is 13. The number of hydrogen-bond donors (Lipinski definition) is 2. The van der Waals surface area contributed by atoms with E-state index in [2.05, 4.69) is 30.2 Å². The van der Waals surface area contributed by atoms with Gasteiger partial charge in [0.1, 0.15) is 47.6 Å². The molecule has 6 heterocycles. The Hall–Kier alpha value is -6.57. The van der Waals surface area contributed by atoms with Gasteiger partial charge in [-0.3, -0.25) is 24.0 Å². The van der Waals surface area contributed by atoms with Crippen LogP contribution in [0.2, 0.25) is 0 Å². The van der Waals surface area contributed by atoms with Crippen LogP contribution in [0.3, 0.4) is 0 Å². The van der Waals surface area contributed by atoms with Crippen LogP contribution < -0.4 is 20.7 Å². The van der Waals surface area contributed by atoms with Crippen molar-refractivity contribution in [2.75, 3.05) is 77.5 Å². The molecule has 0 saturated carbocycles. The van der Waals surface area contributed by atoms with Gasteiger partial charge in [-0.25, -0.2) is 23.4 Å². The SMILES string of the molecule is CN1CCN(C(=O)CCNC(=O)C2COCCN2CCn2cc3c(-c4cccc(OC5CC(C(N)=O)N(c6ncnc7c6cnn7-c6ccc(F)cc6F)C5)c4)cccc3n2)CC1. The van der Waals surface area contributed by atoms with E-state index in [0.717, 1.165) is 47.3 Å². The molecule has 3 unspecified atom stereocenters. The van der Waals surface area contributed by atoms with Gasteiger partial charge in [0.25, 0.3) is 0 Å². The van der Waals surface area contributed by atoms with Crippen molar-refractivity contribution in [3.63, 3.8) is 0 Å². The second kappa shape index (κ2) is 18.0. The van der Waals surface area contributed by atoms with E-state index in [1.165, 1.54) is 23.3 Å². The third-order valence-electron chi connectivity index (χ3n) is 12.0. The summed E-state index contributed by atoms with van der Waals surface area (Å²) in [7, 11) is 2.05. The van der Waals surface area contributed by atoms with Gasteiger partial charge in [-0.15, -0.1) is 0 Å². The quantitative estimate of drug-likeness (QED) is 0.174. The van der Waals surface area contributed by atoms with Crippen LogP contribution >= 0.6 is 0 Å². The van der Waals surface area contributed by atoms with Gasteiger partial charge in [0, 0.05) is 76.3 Å². The first-order chi connectivity index (χ1) is 30.6. The Kier molecular flexibility index (Phi) is 12.0.